The lowest BCUT2D eigenvalue weighted by Crippen LogP contribution is -2.35. The van der Waals surface area contributed by atoms with Crippen molar-refractivity contribution in [2.45, 2.75) is 45.7 Å². The van der Waals surface area contributed by atoms with Gasteiger partial charge in [-0.2, -0.15) is 0 Å². The van der Waals surface area contributed by atoms with Gasteiger partial charge in [0.25, 0.3) is 0 Å². The van der Waals surface area contributed by atoms with Crippen molar-refractivity contribution < 1.29 is 14.3 Å². The molecule has 1 aromatic heterocycles. The number of carbonyl (C=O) groups excluding carboxylic acids is 1. The van der Waals surface area contributed by atoms with E-state index in [2.05, 4.69) is 37.1 Å². The van der Waals surface area contributed by atoms with Crippen molar-refractivity contribution in [2.24, 2.45) is 5.92 Å². The number of fused-ring (bicyclic) bond motifs is 1. The molecule has 2 aliphatic heterocycles. The molecule has 1 fully saturated rings. The van der Waals surface area contributed by atoms with Gasteiger partial charge in [0.15, 0.2) is 0 Å². The molecule has 4 rings (SSSR count). The first-order chi connectivity index (χ1) is 15.2. The van der Waals surface area contributed by atoms with Crippen LogP contribution in [-0.2, 0) is 35.5 Å². The van der Waals surface area contributed by atoms with Crippen LogP contribution in [0.4, 0.5) is 0 Å². The first kappa shape index (κ1) is 21.8. The highest BCUT2D eigenvalue weighted by Gasteiger charge is 2.22. The summed E-state index contributed by atoms with van der Waals surface area (Å²) >= 11 is 0. The molecule has 0 aliphatic carbocycles. The summed E-state index contributed by atoms with van der Waals surface area (Å²) in [5.74, 6) is 3.15. The van der Waals surface area contributed by atoms with Crippen molar-refractivity contribution in [1.29, 1.82) is 0 Å². The molecule has 2 aliphatic rings. The monoisotopic (exact) mass is 427 g/mol. The average molecular weight is 428 g/mol. The minimum atomic E-state index is 0.0837. The van der Waals surface area contributed by atoms with E-state index in [9.17, 15) is 4.79 Å². The van der Waals surface area contributed by atoms with Crippen LogP contribution in [0.25, 0.3) is 0 Å². The predicted octanol–water partition coefficient (Wildman–Crippen LogP) is 1.82. The van der Waals surface area contributed by atoms with E-state index in [1.54, 1.807) is 0 Å². The number of hydrogen-bond acceptors (Lipinski definition) is 6. The zero-order valence-electron chi connectivity index (χ0n) is 18.4. The van der Waals surface area contributed by atoms with Crippen LogP contribution in [0.5, 0.6) is 5.75 Å². The molecule has 0 unspecified atom stereocenters. The van der Waals surface area contributed by atoms with Crippen molar-refractivity contribution in [3.05, 3.63) is 41.5 Å². The molecular formula is C23H33N5O3. The summed E-state index contributed by atoms with van der Waals surface area (Å²) in [7, 11) is 0. The Labute approximate surface area is 183 Å². The van der Waals surface area contributed by atoms with Gasteiger partial charge in [-0.25, -0.2) is 0 Å². The Balaban J connectivity index is 1.26. The Hall–Kier alpha value is -2.45. The second-order valence-corrected chi connectivity index (χ2v) is 8.21. The fraction of sp³-hybridized carbons (Fsp3) is 0.609. The zero-order chi connectivity index (χ0) is 21.5. The standard InChI is InChI=1S/C23H33N5O3/c1-2-31-20-5-3-18(4-6-20)17-27-12-8-22-26-25-21(28(22)14-13-27)7-11-24-23(29)19-9-15-30-16-10-19/h3-6,19H,2,7-17H2,1H3,(H,24,29). The fourth-order valence-corrected chi connectivity index (χ4v) is 4.29. The molecule has 0 atom stereocenters. The van der Waals surface area contributed by atoms with E-state index in [1.807, 2.05) is 19.1 Å². The van der Waals surface area contributed by atoms with E-state index in [4.69, 9.17) is 9.47 Å². The van der Waals surface area contributed by atoms with Crippen molar-refractivity contribution in [3.63, 3.8) is 0 Å². The highest BCUT2D eigenvalue weighted by atomic mass is 16.5. The van der Waals surface area contributed by atoms with E-state index in [0.717, 1.165) is 62.8 Å². The Morgan fingerprint density at radius 1 is 1.16 bits per heavy atom. The summed E-state index contributed by atoms with van der Waals surface area (Å²) in [5, 5.41) is 11.9. The molecule has 1 saturated heterocycles. The Morgan fingerprint density at radius 2 is 1.97 bits per heavy atom. The smallest absolute Gasteiger partial charge is 0.223 e. The number of benzene rings is 1. The van der Waals surface area contributed by atoms with E-state index >= 15 is 0 Å². The van der Waals surface area contributed by atoms with E-state index in [1.165, 1.54) is 5.56 Å². The van der Waals surface area contributed by atoms with Gasteiger partial charge in [0, 0.05) is 64.7 Å². The normalized spacial score (nSPS) is 17.7. The average Bonchev–Trinajstić information content (AvgIpc) is 3.07. The molecule has 0 spiro atoms. The molecule has 1 aromatic carbocycles. The van der Waals surface area contributed by atoms with Crippen LogP contribution < -0.4 is 10.1 Å². The number of aromatic nitrogens is 3. The topological polar surface area (TPSA) is 81.5 Å². The van der Waals surface area contributed by atoms with Crippen molar-refractivity contribution in [2.75, 3.05) is 39.5 Å². The highest BCUT2D eigenvalue weighted by Crippen LogP contribution is 2.17. The molecule has 168 valence electrons. The Morgan fingerprint density at radius 3 is 2.74 bits per heavy atom. The van der Waals surface area contributed by atoms with Gasteiger partial charge < -0.3 is 19.4 Å². The molecule has 3 heterocycles. The lowest BCUT2D eigenvalue weighted by atomic mass is 9.99. The molecule has 8 nitrogen and oxygen atoms in total. The maximum Gasteiger partial charge on any atom is 0.223 e. The van der Waals surface area contributed by atoms with E-state index in [-0.39, 0.29) is 11.8 Å². The summed E-state index contributed by atoms with van der Waals surface area (Å²) in [6, 6.07) is 8.36. The number of nitrogens with zero attached hydrogens (tertiary/aromatic N) is 4. The Bertz CT molecular complexity index is 845. The quantitative estimate of drug-likeness (QED) is 0.692. The van der Waals surface area contributed by atoms with Gasteiger partial charge in [-0.05, 0) is 37.5 Å². The number of nitrogens with one attached hydrogen (secondary N) is 1. The summed E-state index contributed by atoms with van der Waals surface area (Å²) in [6.45, 7) is 8.37. The highest BCUT2D eigenvalue weighted by molar-refractivity contribution is 5.78. The molecule has 0 saturated carbocycles. The van der Waals surface area contributed by atoms with E-state index < -0.39 is 0 Å². The summed E-state index contributed by atoms with van der Waals surface area (Å²) in [6.07, 6.45) is 3.23. The van der Waals surface area contributed by atoms with Crippen LogP contribution in [0, 0.1) is 5.92 Å². The summed E-state index contributed by atoms with van der Waals surface area (Å²) < 4.78 is 13.1. The third kappa shape index (κ3) is 5.83. The van der Waals surface area contributed by atoms with Gasteiger partial charge in [-0.3, -0.25) is 9.69 Å². The minimum absolute atomic E-state index is 0.0837. The SMILES string of the molecule is CCOc1ccc(CN2CCc3nnc(CCNC(=O)C4CCOCC4)n3CC2)cc1. The van der Waals surface area contributed by atoms with Crippen LogP contribution in [-0.4, -0.2) is 65.0 Å². The van der Waals surface area contributed by atoms with Crippen LogP contribution in [0.1, 0.15) is 37.0 Å². The maximum atomic E-state index is 12.3. The molecule has 1 amide bonds. The van der Waals surface area contributed by atoms with Crippen LogP contribution in [0.15, 0.2) is 24.3 Å². The third-order valence-corrected chi connectivity index (χ3v) is 6.08. The van der Waals surface area contributed by atoms with Crippen LogP contribution in [0.3, 0.4) is 0 Å². The number of carbonyl (C=O) groups is 1. The fourth-order valence-electron chi connectivity index (χ4n) is 4.29. The molecule has 0 radical (unpaired) electrons. The van der Waals surface area contributed by atoms with Gasteiger partial charge in [-0.15, -0.1) is 10.2 Å². The van der Waals surface area contributed by atoms with Crippen LogP contribution in [0.2, 0.25) is 0 Å². The first-order valence-electron chi connectivity index (χ1n) is 11.4. The van der Waals surface area contributed by atoms with E-state index in [0.29, 0.717) is 32.8 Å². The van der Waals surface area contributed by atoms with Gasteiger partial charge in [-0.1, -0.05) is 12.1 Å². The zero-order valence-corrected chi connectivity index (χ0v) is 18.4. The lowest BCUT2D eigenvalue weighted by molar-refractivity contribution is -0.127. The summed E-state index contributed by atoms with van der Waals surface area (Å²) in [4.78, 5) is 14.8. The van der Waals surface area contributed by atoms with Crippen molar-refractivity contribution in [1.82, 2.24) is 25.0 Å². The number of hydrogen-bond donors (Lipinski definition) is 1. The number of ether oxygens (including phenoxy) is 2. The minimum Gasteiger partial charge on any atom is -0.494 e. The number of amides is 1. The third-order valence-electron chi connectivity index (χ3n) is 6.08. The Kier molecular flexibility index (Phi) is 7.53. The first-order valence-corrected chi connectivity index (χ1v) is 11.4. The maximum absolute atomic E-state index is 12.3. The molecule has 0 bridgehead atoms. The van der Waals surface area contributed by atoms with Crippen LogP contribution >= 0.6 is 0 Å². The molecular weight excluding hydrogens is 394 g/mol. The second-order valence-electron chi connectivity index (χ2n) is 8.21. The summed E-state index contributed by atoms with van der Waals surface area (Å²) in [5.41, 5.74) is 1.29. The number of rotatable bonds is 8. The van der Waals surface area contributed by atoms with Gasteiger partial charge in [0.2, 0.25) is 5.91 Å². The largest absolute Gasteiger partial charge is 0.494 e. The second kappa shape index (κ2) is 10.7. The molecule has 8 heteroatoms. The molecule has 31 heavy (non-hydrogen) atoms. The molecule has 1 N–H and O–H groups in total. The van der Waals surface area contributed by atoms with Gasteiger partial charge in [0.05, 0.1) is 6.61 Å². The van der Waals surface area contributed by atoms with Crippen molar-refractivity contribution in [3.8, 4) is 5.75 Å². The van der Waals surface area contributed by atoms with Crippen molar-refractivity contribution >= 4 is 5.91 Å². The van der Waals surface area contributed by atoms with Gasteiger partial charge >= 0.3 is 0 Å². The predicted molar refractivity (Wildman–Crippen MR) is 117 cm³/mol. The molecule has 2 aromatic rings. The lowest BCUT2D eigenvalue weighted by Gasteiger charge is -2.21. The van der Waals surface area contributed by atoms with Gasteiger partial charge in [0.1, 0.15) is 17.4 Å².